The molecule has 1 aliphatic heterocycles. The molecule has 2 aromatic carbocycles. The summed E-state index contributed by atoms with van der Waals surface area (Å²) in [5, 5.41) is 9.22. The number of halogens is 2. The number of nitrogens with two attached hydrogens (primary N) is 1. The van der Waals surface area contributed by atoms with E-state index in [2.05, 4.69) is 11.1 Å². The van der Waals surface area contributed by atoms with E-state index in [0.717, 1.165) is 6.92 Å². The first-order valence-electron chi connectivity index (χ1n) is 8.69. The van der Waals surface area contributed by atoms with E-state index in [-0.39, 0.29) is 17.4 Å². The van der Waals surface area contributed by atoms with Gasteiger partial charge in [-0.2, -0.15) is 5.26 Å². The minimum absolute atomic E-state index is 0.0582. The van der Waals surface area contributed by atoms with Gasteiger partial charge in [0.15, 0.2) is 5.96 Å². The lowest BCUT2D eigenvalue weighted by atomic mass is 9.74. The number of guanidine groups is 1. The predicted molar refractivity (Wildman–Crippen MR) is 102 cm³/mol. The van der Waals surface area contributed by atoms with E-state index in [1.807, 2.05) is 0 Å². The highest BCUT2D eigenvalue weighted by Gasteiger charge is 2.47. The van der Waals surface area contributed by atoms with Gasteiger partial charge < -0.3 is 5.73 Å². The van der Waals surface area contributed by atoms with Gasteiger partial charge in [0, 0.05) is 19.5 Å². The molecule has 0 unspecified atom stereocenters. The molecule has 1 heterocycles. The summed E-state index contributed by atoms with van der Waals surface area (Å²) in [7, 11) is 1.52. The van der Waals surface area contributed by atoms with Crippen molar-refractivity contribution in [2.24, 2.45) is 10.7 Å². The van der Waals surface area contributed by atoms with Crippen LogP contribution in [0.4, 0.5) is 8.78 Å². The number of nitriles is 1. The second-order valence-electron chi connectivity index (χ2n) is 7.15. The van der Waals surface area contributed by atoms with Gasteiger partial charge in [0.05, 0.1) is 17.6 Å². The van der Waals surface area contributed by atoms with Gasteiger partial charge >= 0.3 is 0 Å². The molecule has 2 atom stereocenters. The van der Waals surface area contributed by atoms with Crippen molar-refractivity contribution in [2.45, 2.75) is 31.2 Å². The summed E-state index contributed by atoms with van der Waals surface area (Å²) in [5.41, 5.74) is 6.36. The van der Waals surface area contributed by atoms with Crippen LogP contribution in [0.25, 0.3) is 0 Å². The summed E-state index contributed by atoms with van der Waals surface area (Å²) >= 11 is 0. The average molecular weight is 382 g/mol. The molecule has 0 radical (unpaired) electrons. The highest BCUT2D eigenvalue weighted by Crippen LogP contribution is 2.44. The number of likely N-dealkylation sites (N-methyl/N-ethyl adjacent to an activating group) is 1. The van der Waals surface area contributed by atoms with E-state index < -0.39 is 17.4 Å². The van der Waals surface area contributed by atoms with Gasteiger partial charge in [0.1, 0.15) is 5.54 Å². The Kier molecular flexibility index (Phi) is 4.67. The van der Waals surface area contributed by atoms with Crippen molar-refractivity contribution in [1.82, 2.24) is 4.90 Å². The van der Waals surface area contributed by atoms with Crippen LogP contribution in [0.1, 0.15) is 42.0 Å². The van der Waals surface area contributed by atoms with E-state index in [1.54, 1.807) is 31.2 Å². The predicted octanol–water partition coefficient (Wildman–Crippen LogP) is 3.46. The Balaban J connectivity index is 2.18. The lowest BCUT2D eigenvalue weighted by Gasteiger charge is -2.41. The van der Waals surface area contributed by atoms with Crippen LogP contribution in [0.15, 0.2) is 53.5 Å². The van der Waals surface area contributed by atoms with Crippen molar-refractivity contribution in [2.75, 3.05) is 7.05 Å². The van der Waals surface area contributed by atoms with Crippen LogP contribution >= 0.6 is 0 Å². The molecule has 0 bridgehead atoms. The molecule has 0 aromatic heterocycles. The summed E-state index contributed by atoms with van der Waals surface area (Å²) in [6, 6.07) is 14.6. The fourth-order valence-corrected chi connectivity index (χ4v) is 3.49. The van der Waals surface area contributed by atoms with Crippen LogP contribution in [-0.2, 0) is 16.3 Å². The summed E-state index contributed by atoms with van der Waals surface area (Å²) in [6.07, 6.45) is 0. The number of alkyl halides is 2. The number of hydrogen-bond donors (Lipinski definition) is 1. The Morgan fingerprint density at radius 2 is 1.89 bits per heavy atom. The van der Waals surface area contributed by atoms with E-state index in [9.17, 15) is 18.8 Å². The zero-order chi connectivity index (χ0) is 20.7. The normalized spacial score (nSPS) is 22.6. The number of aliphatic imine (C=N–C) groups is 1. The maximum Gasteiger partial charge on any atom is 0.270 e. The van der Waals surface area contributed by atoms with Crippen LogP contribution in [0, 0.1) is 11.3 Å². The first kappa shape index (κ1) is 19.5. The zero-order valence-corrected chi connectivity index (χ0v) is 15.8. The quantitative estimate of drug-likeness (QED) is 0.883. The third-order valence-electron chi connectivity index (χ3n) is 5.16. The van der Waals surface area contributed by atoms with Crippen molar-refractivity contribution in [3.8, 4) is 6.07 Å². The minimum atomic E-state index is -2.97. The van der Waals surface area contributed by atoms with E-state index >= 15 is 0 Å². The number of amides is 1. The number of carbonyl (C=O) groups excluding carboxylic acids is 1. The summed E-state index contributed by atoms with van der Waals surface area (Å²) in [5.74, 6) is -3.99. The van der Waals surface area contributed by atoms with Crippen molar-refractivity contribution in [3.63, 3.8) is 0 Å². The van der Waals surface area contributed by atoms with Gasteiger partial charge in [-0.3, -0.25) is 9.69 Å². The molecule has 2 aromatic rings. The monoisotopic (exact) mass is 382 g/mol. The van der Waals surface area contributed by atoms with Crippen LogP contribution in [0.2, 0.25) is 0 Å². The highest BCUT2D eigenvalue weighted by molar-refractivity contribution is 6.02. The number of rotatable bonds is 3. The first-order valence-corrected chi connectivity index (χ1v) is 8.69. The topological polar surface area (TPSA) is 82.5 Å². The molecule has 0 saturated heterocycles. The summed E-state index contributed by atoms with van der Waals surface area (Å²) < 4.78 is 27.1. The molecule has 7 heteroatoms. The molecule has 1 aliphatic rings. The van der Waals surface area contributed by atoms with Gasteiger partial charge in [-0.25, -0.2) is 13.8 Å². The van der Waals surface area contributed by atoms with Gasteiger partial charge in [-0.05, 0) is 30.2 Å². The van der Waals surface area contributed by atoms with Crippen LogP contribution in [0.3, 0.4) is 0 Å². The van der Waals surface area contributed by atoms with Gasteiger partial charge in [-0.15, -0.1) is 0 Å². The Morgan fingerprint density at radius 3 is 2.46 bits per heavy atom. The van der Waals surface area contributed by atoms with E-state index in [4.69, 9.17) is 5.73 Å². The molecule has 0 aliphatic carbocycles. The molecule has 2 N–H and O–H groups in total. The fraction of sp³-hybridized carbons (Fsp3) is 0.286. The second-order valence-corrected chi connectivity index (χ2v) is 7.15. The molecule has 0 fully saturated rings. The summed E-state index contributed by atoms with van der Waals surface area (Å²) in [6.45, 7) is 2.58. The van der Waals surface area contributed by atoms with Gasteiger partial charge in [0.25, 0.3) is 5.92 Å². The smallest absolute Gasteiger partial charge is 0.270 e. The molecule has 0 saturated carbocycles. The van der Waals surface area contributed by atoms with Gasteiger partial charge in [0.2, 0.25) is 5.91 Å². The lowest BCUT2D eigenvalue weighted by molar-refractivity contribution is -0.130. The molecule has 1 amide bonds. The molecular weight excluding hydrogens is 362 g/mol. The molecule has 0 spiro atoms. The van der Waals surface area contributed by atoms with Crippen molar-refractivity contribution < 1.29 is 13.6 Å². The molecule has 144 valence electrons. The number of carbonyl (C=O) groups is 1. The number of benzene rings is 2. The molecule has 28 heavy (non-hydrogen) atoms. The molecule has 3 rings (SSSR count). The third kappa shape index (κ3) is 3.22. The second kappa shape index (κ2) is 6.71. The first-order chi connectivity index (χ1) is 13.1. The van der Waals surface area contributed by atoms with Gasteiger partial charge in [-0.1, -0.05) is 36.4 Å². The Morgan fingerprint density at radius 1 is 1.25 bits per heavy atom. The number of nitrogens with zero attached hydrogens (tertiary/aromatic N) is 3. The Bertz CT molecular complexity index is 989. The zero-order valence-electron chi connectivity index (χ0n) is 15.8. The lowest BCUT2D eigenvalue weighted by Crippen LogP contribution is -2.52. The van der Waals surface area contributed by atoms with Crippen LogP contribution in [0.5, 0.6) is 0 Å². The van der Waals surface area contributed by atoms with Crippen molar-refractivity contribution >= 4 is 11.9 Å². The number of hydrogen-bond acceptors (Lipinski definition) is 4. The highest BCUT2D eigenvalue weighted by atomic mass is 19.3. The Labute approximate surface area is 162 Å². The van der Waals surface area contributed by atoms with Crippen molar-refractivity contribution in [1.29, 1.82) is 5.26 Å². The molecular formula is C21H20F2N4O. The third-order valence-corrected chi connectivity index (χ3v) is 5.16. The standard InChI is InChI=1S/C21H20F2N4O/c1-20(16-6-4-5-13(11-16)12-24)17(18(28)27(3)19(25)26-20)14-7-9-15(10-8-14)21(2,22)23/h4-11,17H,1-3H3,(H2,25,26)/t17-,20+/m0/s1. The van der Waals surface area contributed by atoms with Crippen LogP contribution < -0.4 is 5.73 Å². The van der Waals surface area contributed by atoms with Crippen molar-refractivity contribution in [3.05, 3.63) is 70.8 Å². The SMILES string of the molecule is CN1C(=O)[C@H](c2ccc(C(C)(F)F)cc2)[C@@](C)(c2cccc(C#N)c2)N=C1N. The fourth-order valence-electron chi connectivity index (χ4n) is 3.49. The van der Waals surface area contributed by atoms with Crippen LogP contribution in [-0.4, -0.2) is 23.8 Å². The summed E-state index contributed by atoms with van der Waals surface area (Å²) in [4.78, 5) is 18.9. The minimum Gasteiger partial charge on any atom is -0.369 e. The Hall–Kier alpha value is -3.27. The maximum atomic E-state index is 13.6. The molecule has 5 nitrogen and oxygen atoms in total. The van der Waals surface area contributed by atoms with E-state index in [1.165, 1.54) is 36.2 Å². The average Bonchev–Trinajstić information content (AvgIpc) is 2.66. The van der Waals surface area contributed by atoms with E-state index in [0.29, 0.717) is 16.7 Å². The largest absolute Gasteiger partial charge is 0.369 e. The maximum absolute atomic E-state index is 13.6.